The Morgan fingerprint density at radius 1 is 1.13 bits per heavy atom. The van der Waals surface area contributed by atoms with Gasteiger partial charge < -0.3 is 14.5 Å². The van der Waals surface area contributed by atoms with Crippen LogP contribution in [0.25, 0.3) is 0 Å². The van der Waals surface area contributed by atoms with Gasteiger partial charge in [-0.3, -0.25) is 4.79 Å². The van der Waals surface area contributed by atoms with E-state index in [2.05, 4.69) is 25.7 Å². The molecule has 2 heterocycles. The van der Waals surface area contributed by atoms with Crippen molar-refractivity contribution in [1.29, 1.82) is 0 Å². The van der Waals surface area contributed by atoms with Crippen LogP contribution in [0.4, 0.5) is 5.69 Å². The van der Waals surface area contributed by atoms with Crippen LogP contribution in [0.2, 0.25) is 0 Å². The maximum atomic E-state index is 13.3. The Labute approximate surface area is 187 Å². The van der Waals surface area contributed by atoms with Crippen LogP contribution < -0.4 is 9.64 Å². The molecule has 2 aliphatic heterocycles. The number of amides is 1. The van der Waals surface area contributed by atoms with Crippen molar-refractivity contribution < 1.29 is 17.9 Å². The summed E-state index contributed by atoms with van der Waals surface area (Å²) < 4.78 is 33.7. The fraction of sp³-hybridized carbons (Fsp3) is 0.696. The van der Waals surface area contributed by atoms with Crippen LogP contribution in [0.15, 0.2) is 23.1 Å². The number of hydrogen-bond donors (Lipinski definition) is 0. The summed E-state index contributed by atoms with van der Waals surface area (Å²) in [5.74, 6) is 1.35. The van der Waals surface area contributed by atoms with Crippen LogP contribution in [0.3, 0.4) is 0 Å². The highest BCUT2D eigenvalue weighted by molar-refractivity contribution is 7.89. The number of anilines is 1. The zero-order chi connectivity index (χ0) is 22.6. The Hall–Kier alpha value is -1.80. The van der Waals surface area contributed by atoms with Crippen molar-refractivity contribution in [3.05, 3.63) is 18.2 Å². The number of rotatable bonds is 7. The molecule has 2 fully saturated rings. The first-order valence-electron chi connectivity index (χ1n) is 11.5. The first-order chi connectivity index (χ1) is 14.8. The number of nitrogens with zero attached hydrogens (tertiary/aromatic N) is 3. The number of ether oxygens (including phenoxy) is 1. The van der Waals surface area contributed by atoms with Gasteiger partial charge in [0.1, 0.15) is 5.75 Å². The molecule has 0 aliphatic carbocycles. The summed E-state index contributed by atoms with van der Waals surface area (Å²) in [5, 5.41) is 0. The highest BCUT2D eigenvalue weighted by Gasteiger charge is 2.31. The SMILES string of the molecule is CCC(CC)C(=O)N1CCN(c2cc(S(=O)(=O)N3CCC[C@H](C)C3)ccc2OC)CC1. The largest absolute Gasteiger partial charge is 0.495 e. The van der Waals surface area contributed by atoms with Crippen molar-refractivity contribution in [3.8, 4) is 5.75 Å². The summed E-state index contributed by atoms with van der Waals surface area (Å²) in [6.45, 7) is 9.95. The van der Waals surface area contributed by atoms with Gasteiger partial charge in [-0.05, 0) is 49.8 Å². The maximum Gasteiger partial charge on any atom is 0.243 e. The van der Waals surface area contributed by atoms with Crippen LogP contribution in [-0.4, -0.2) is 69.9 Å². The number of hydrogen-bond acceptors (Lipinski definition) is 5. The van der Waals surface area contributed by atoms with Crippen molar-refractivity contribution >= 4 is 21.6 Å². The Kier molecular flexibility index (Phi) is 7.86. The number of benzene rings is 1. The minimum atomic E-state index is -3.54. The van der Waals surface area contributed by atoms with Crippen LogP contribution in [0.5, 0.6) is 5.75 Å². The summed E-state index contributed by atoms with van der Waals surface area (Å²) >= 11 is 0. The number of piperidine rings is 1. The second-order valence-electron chi connectivity index (χ2n) is 8.77. The first-order valence-corrected chi connectivity index (χ1v) is 13.0. The van der Waals surface area contributed by atoms with Crippen LogP contribution >= 0.6 is 0 Å². The number of methoxy groups -OCH3 is 1. The molecular formula is C23H37N3O4S. The average molecular weight is 452 g/mol. The standard InChI is InChI=1S/C23H37N3O4S/c1-5-19(6-2)23(27)25-14-12-24(13-15-25)21-16-20(9-10-22(21)30-4)31(28,29)26-11-7-8-18(3)17-26/h9-10,16,18-19H,5-8,11-15,17H2,1-4H3/t18-/m0/s1. The molecule has 3 rings (SSSR count). The summed E-state index contributed by atoms with van der Waals surface area (Å²) in [6.07, 6.45) is 3.69. The Morgan fingerprint density at radius 2 is 1.81 bits per heavy atom. The molecular weight excluding hydrogens is 414 g/mol. The first kappa shape index (κ1) is 23.9. The molecule has 2 saturated heterocycles. The number of piperazine rings is 1. The van der Waals surface area contributed by atoms with E-state index in [1.807, 2.05) is 4.90 Å². The molecule has 8 heteroatoms. The molecule has 2 aliphatic rings. The molecule has 1 aromatic carbocycles. The topological polar surface area (TPSA) is 70.2 Å². The molecule has 0 N–H and O–H groups in total. The van der Waals surface area contributed by atoms with Crippen LogP contribution in [-0.2, 0) is 14.8 Å². The van der Waals surface area contributed by atoms with E-state index in [9.17, 15) is 13.2 Å². The Balaban J connectivity index is 1.78. The predicted molar refractivity (Wildman–Crippen MR) is 123 cm³/mol. The van der Waals surface area contributed by atoms with Crippen LogP contribution in [0, 0.1) is 11.8 Å². The molecule has 1 aromatic rings. The zero-order valence-electron chi connectivity index (χ0n) is 19.3. The van der Waals surface area contributed by atoms with E-state index >= 15 is 0 Å². The molecule has 1 atom stereocenters. The van der Waals surface area contributed by atoms with E-state index in [1.165, 1.54) is 0 Å². The van der Waals surface area contributed by atoms with E-state index in [4.69, 9.17) is 4.74 Å². The summed E-state index contributed by atoms with van der Waals surface area (Å²) in [5.41, 5.74) is 0.781. The molecule has 0 unspecified atom stereocenters. The van der Waals surface area contributed by atoms with Gasteiger partial charge in [0.25, 0.3) is 0 Å². The molecule has 7 nitrogen and oxygen atoms in total. The van der Waals surface area contributed by atoms with E-state index in [0.29, 0.717) is 55.8 Å². The maximum absolute atomic E-state index is 13.3. The quantitative estimate of drug-likeness (QED) is 0.637. The van der Waals surface area contributed by atoms with Crippen molar-refractivity contribution in [1.82, 2.24) is 9.21 Å². The molecule has 174 valence electrons. The summed E-state index contributed by atoms with van der Waals surface area (Å²) in [6, 6.07) is 5.13. The molecule has 31 heavy (non-hydrogen) atoms. The normalized spacial score (nSPS) is 20.9. The summed E-state index contributed by atoms with van der Waals surface area (Å²) in [7, 11) is -1.93. The van der Waals surface area contributed by atoms with E-state index in [-0.39, 0.29) is 11.8 Å². The molecule has 0 saturated carbocycles. The van der Waals surface area contributed by atoms with Gasteiger partial charge in [-0.1, -0.05) is 20.8 Å². The molecule has 0 radical (unpaired) electrons. The van der Waals surface area contributed by atoms with Crippen molar-refractivity contribution in [2.45, 2.75) is 51.3 Å². The van der Waals surface area contributed by atoms with Gasteiger partial charge in [-0.15, -0.1) is 0 Å². The average Bonchev–Trinajstić information content (AvgIpc) is 2.79. The lowest BCUT2D eigenvalue weighted by molar-refractivity contribution is -0.136. The van der Waals surface area contributed by atoms with Gasteiger partial charge in [0, 0.05) is 45.2 Å². The third-order valence-electron chi connectivity index (χ3n) is 6.67. The highest BCUT2D eigenvalue weighted by Crippen LogP contribution is 2.34. The smallest absolute Gasteiger partial charge is 0.243 e. The van der Waals surface area contributed by atoms with Crippen molar-refractivity contribution in [3.63, 3.8) is 0 Å². The monoisotopic (exact) mass is 451 g/mol. The van der Waals surface area contributed by atoms with Gasteiger partial charge >= 0.3 is 0 Å². The van der Waals surface area contributed by atoms with Gasteiger partial charge in [0.15, 0.2) is 0 Å². The third-order valence-corrected chi connectivity index (χ3v) is 8.54. The fourth-order valence-electron chi connectivity index (χ4n) is 4.65. The number of carbonyl (C=O) groups excluding carboxylic acids is 1. The summed E-state index contributed by atoms with van der Waals surface area (Å²) in [4.78, 5) is 17.1. The Bertz CT molecular complexity index is 862. The lowest BCUT2D eigenvalue weighted by Crippen LogP contribution is -2.50. The Morgan fingerprint density at radius 3 is 2.39 bits per heavy atom. The minimum Gasteiger partial charge on any atom is -0.495 e. The molecule has 1 amide bonds. The van der Waals surface area contributed by atoms with E-state index in [1.54, 1.807) is 29.6 Å². The minimum absolute atomic E-state index is 0.0847. The van der Waals surface area contributed by atoms with Crippen molar-refractivity contribution in [2.24, 2.45) is 11.8 Å². The second kappa shape index (κ2) is 10.2. The predicted octanol–water partition coefficient (Wildman–Crippen LogP) is 3.20. The van der Waals surface area contributed by atoms with Crippen molar-refractivity contribution in [2.75, 3.05) is 51.3 Å². The molecule has 0 bridgehead atoms. The lowest BCUT2D eigenvalue weighted by Gasteiger charge is -2.38. The number of carbonyl (C=O) groups is 1. The number of sulfonamides is 1. The highest BCUT2D eigenvalue weighted by atomic mass is 32.2. The van der Waals surface area contributed by atoms with Crippen LogP contribution in [0.1, 0.15) is 46.5 Å². The third kappa shape index (κ3) is 5.17. The fourth-order valence-corrected chi connectivity index (χ4v) is 6.27. The van der Waals surface area contributed by atoms with Gasteiger partial charge in [-0.25, -0.2) is 8.42 Å². The molecule has 0 aromatic heterocycles. The zero-order valence-corrected chi connectivity index (χ0v) is 20.2. The van der Waals surface area contributed by atoms with E-state index < -0.39 is 10.0 Å². The lowest BCUT2D eigenvalue weighted by atomic mass is 10.0. The van der Waals surface area contributed by atoms with E-state index in [0.717, 1.165) is 31.4 Å². The van der Waals surface area contributed by atoms with Gasteiger partial charge in [-0.2, -0.15) is 4.31 Å². The van der Waals surface area contributed by atoms with Gasteiger partial charge in [0.2, 0.25) is 15.9 Å². The molecule has 0 spiro atoms. The van der Waals surface area contributed by atoms with Gasteiger partial charge in [0.05, 0.1) is 17.7 Å². The second-order valence-corrected chi connectivity index (χ2v) is 10.7.